The van der Waals surface area contributed by atoms with Crippen LogP contribution in [-0.2, 0) is 14.9 Å². The standard InChI is InChI=1S/C19H22N2O3/c22-16(14-8-19(9-14)12-24-17(23)20-19)21-10-13-6-18(7-13,11-21)15-4-2-1-3-5-15/h1-5,13-14H,6-12H2,(H,20,23). The molecular weight excluding hydrogens is 304 g/mol. The molecule has 0 radical (unpaired) electrons. The fraction of sp³-hybridized carbons (Fsp3) is 0.579. The van der Waals surface area contributed by atoms with Crippen LogP contribution in [0, 0.1) is 11.8 Å². The highest BCUT2D eigenvalue weighted by molar-refractivity contribution is 5.82. The summed E-state index contributed by atoms with van der Waals surface area (Å²) in [6, 6.07) is 10.6. The smallest absolute Gasteiger partial charge is 0.407 e. The molecule has 0 unspecified atom stereocenters. The molecule has 126 valence electrons. The maximum atomic E-state index is 12.9. The average molecular weight is 326 g/mol. The van der Waals surface area contributed by atoms with Gasteiger partial charge in [-0.3, -0.25) is 4.79 Å². The van der Waals surface area contributed by atoms with Gasteiger partial charge in [0.15, 0.2) is 0 Å². The maximum Gasteiger partial charge on any atom is 0.407 e. The Hall–Kier alpha value is -2.04. The predicted molar refractivity (Wildman–Crippen MR) is 87.4 cm³/mol. The van der Waals surface area contributed by atoms with Crippen LogP contribution in [0.15, 0.2) is 30.3 Å². The molecule has 2 bridgehead atoms. The molecule has 3 heterocycles. The van der Waals surface area contributed by atoms with Crippen LogP contribution in [0.25, 0.3) is 0 Å². The molecule has 1 N–H and O–H groups in total. The van der Waals surface area contributed by atoms with Gasteiger partial charge in [0.1, 0.15) is 6.61 Å². The number of alkyl carbamates (subject to hydrolysis) is 1. The molecule has 5 heteroatoms. The maximum absolute atomic E-state index is 12.9. The number of cyclic esters (lactones) is 1. The largest absolute Gasteiger partial charge is 0.447 e. The van der Waals surface area contributed by atoms with Gasteiger partial charge in [-0.25, -0.2) is 4.79 Å². The van der Waals surface area contributed by atoms with E-state index in [1.54, 1.807) is 0 Å². The van der Waals surface area contributed by atoms with Gasteiger partial charge in [0.2, 0.25) is 5.91 Å². The molecule has 2 amide bonds. The molecule has 0 aromatic heterocycles. The Bertz CT molecular complexity index is 690. The Balaban J connectivity index is 1.27. The molecular formula is C19H22N2O3. The van der Waals surface area contributed by atoms with Gasteiger partial charge < -0.3 is 15.0 Å². The number of amides is 2. The number of nitrogens with one attached hydrogen (secondary N) is 1. The summed E-state index contributed by atoms with van der Waals surface area (Å²) in [4.78, 5) is 26.2. The van der Waals surface area contributed by atoms with Crippen LogP contribution < -0.4 is 5.32 Å². The van der Waals surface area contributed by atoms with Crippen LogP contribution >= 0.6 is 0 Å². The molecule has 6 rings (SSSR count). The number of carbonyl (C=O) groups excluding carboxylic acids is 2. The van der Waals surface area contributed by atoms with E-state index < -0.39 is 0 Å². The number of ether oxygens (including phenoxy) is 1. The summed E-state index contributed by atoms with van der Waals surface area (Å²) >= 11 is 0. The number of nitrogens with zero attached hydrogens (tertiary/aromatic N) is 1. The number of rotatable bonds is 2. The molecule has 1 spiro atoms. The average Bonchev–Trinajstić information content (AvgIpc) is 2.95. The number of piperidine rings is 2. The minimum atomic E-state index is -0.344. The van der Waals surface area contributed by atoms with Crippen molar-refractivity contribution in [3.63, 3.8) is 0 Å². The number of carbonyl (C=O) groups is 2. The van der Waals surface area contributed by atoms with E-state index in [2.05, 4.69) is 34.5 Å². The number of fused-ring (bicyclic) bond motifs is 2. The Morgan fingerprint density at radius 1 is 1.17 bits per heavy atom. The van der Waals surface area contributed by atoms with E-state index in [4.69, 9.17) is 4.74 Å². The lowest BCUT2D eigenvalue weighted by atomic mass is 9.55. The minimum Gasteiger partial charge on any atom is -0.447 e. The van der Waals surface area contributed by atoms with Crippen molar-refractivity contribution in [3.05, 3.63) is 35.9 Å². The Labute approximate surface area is 141 Å². The van der Waals surface area contributed by atoms with Gasteiger partial charge in [-0.1, -0.05) is 30.3 Å². The van der Waals surface area contributed by atoms with Gasteiger partial charge in [0.05, 0.1) is 5.54 Å². The van der Waals surface area contributed by atoms with E-state index in [1.807, 2.05) is 6.07 Å². The highest BCUT2D eigenvalue weighted by Crippen LogP contribution is 2.53. The summed E-state index contributed by atoms with van der Waals surface area (Å²) in [6.45, 7) is 2.16. The second-order valence-electron chi connectivity index (χ2n) is 8.23. The third-order valence-electron chi connectivity index (χ3n) is 6.50. The summed E-state index contributed by atoms with van der Waals surface area (Å²) in [5.41, 5.74) is 1.28. The van der Waals surface area contributed by atoms with Crippen molar-refractivity contribution >= 4 is 12.0 Å². The van der Waals surface area contributed by atoms with Gasteiger partial charge in [-0.05, 0) is 37.2 Å². The predicted octanol–water partition coefficient (Wildman–Crippen LogP) is 2.07. The van der Waals surface area contributed by atoms with Crippen LogP contribution in [-0.4, -0.2) is 42.1 Å². The van der Waals surface area contributed by atoms with Gasteiger partial charge >= 0.3 is 6.09 Å². The van der Waals surface area contributed by atoms with E-state index in [9.17, 15) is 9.59 Å². The molecule has 5 aliphatic rings. The zero-order chi connectivity index (χ0) is 16.4. The molecule has 3 aliphatic heterocycles. The highest BCUT2D eigenvalue weighted by Gasteiger charge is 2.56. The lowest BCUT2D eigenvalue weighted by Gasteiger charge is -2.58. The van der Waals surface area contributed by atoms with Gasteiger partial charge in [0, 0.05) is 24.4 Å². The molecule has 5 nitrogen and oxygen atoms in total. The number of hydrogen-bond donors (Lipinski definition) is 1. The van der Waals surface area contributed by atoms with E-state index in [0.29, 0.717) is 12.5 Å². The van der Waals surface area contributed by atoms with Gasteiger partial charge in [-0.2, -0.15) is 0 Å². The molecule has 3 saturated heterocycles. The van der Waals surface area contributed by atoms with E-state index in [-0.39, 0.29) is 28.9 Å². The fourth-order valence-corrected chi connectivity index (χ4v) is 5.36. The monoisotopic (exact) mass is 326 g/mol. The highest BCUT2D eigenvalue weighted by atomic mass is 16.6. The topological polar surface area (TPSA) is 58.6 Å². The molecule has 2 saturated carbocycles. The Morgan fingerprint density at radius 2 is 1.92 bits per heavy atom. The summed E-state index contributed by atoms with van der Waals surface area (Å²) in [7, 11) is 0. The molecule has 1 aromatic rings. The van der Waals surface area contributed by atoms with E-state index in [1.165, 1.54) is 18.4 Å². The molecule has 1 aromatic carbocycles. The van der Waals surface area contributed by atoms with Crippen molar-refractivity contribution in [1.29, 1.82) is 0 Å². The summed E-state index contributed by atoms with van der Waals surface area (Å²) in [5, 5.41) is 2.87. The fourth-order valence-electron chi connectivity index (χ4n) is 5.36. The van der Waals surface area contributed by atoms with Gasteiger partial charge in [0.25, 0.3) is 0 Å². The zero-order valence-corrected chi connectivity index (χ0v) is 13.7. The first kappa shape index (κ1) is 14.3. The summed E-state index contributed by atoms with van der Waals surface area (Å²) in [6.07, 6.45) is 3.51. The first-order valence-electron chi connectivity index (χ1n) is 8.87. The van der Waals surface area contributed by atoms with Crippen molar-refractivity contribution in [1.82, 2.24) is 10.2 Å². The molecule has 2 aliphatic carbocycles. The minimum absolute atomic E-state index is 0.0392. The number of benzene rings is 1. The van der Waals surface area contributed by atoms with E-state index in [0.717, 1.165) is 25.9 Å². The first-order chi connectivity index (χ1) is 11.6. The van der Waals surface area contributed by atoms with Gasteiger partial charge in [-0.15, -0.1) is 0 Å². The third kappa shape index (κ3) is 2.00. The van der Waals surface area contributed by atoms with Crippen LogP contribution in [0.2, 0.25) is 0 Å². The Kier molecular flexibility index (Phi) is 2.83. The lowest BCUT2D eigenvalue weighted by Crippen LogP contribution is -2.64. The van der Waals surface area contributed by atoms with Crippen LogP contribution in [0.5, 0.6) is 0 Å². The van der Waals surface area contributed by atoms with Crippen molar-refractivity contribution in [3.8, 4) is 0 Å². The normalized spacial score (nSPS) is 39.7. The summed E-state index contributed by atoms with van der Waals surface area (Å²) in [5.74, 6) is 0.954. The zero-order valence-electron chi connectivity index (χ0n) is 13.7. The molecule has 0 atom stereocenters. The van der Waals surface area contributed by atoms with Crippen molar-refractivity contribution in [2.75, 3.05) is 19.7 Å². The molecule has 5 fully saturated rings. The lowest BCUT2D eigenvalue weighted by molar-refractivity contribution is -0.149. The van der Waals surface area contributed by atoms with Crippen molar-refractivity contribution in [2.24, 2.45) is 11.8 Å². The Morgan fingerprint density at radius 3 is 2.58 bits per heavy atom. The van der Waals surface area contributed by atoms with Crippen molar-refractivity contribution in [2.45, 2.75) is 36.6 Å². The number of hydrogen-bond acceptors (Lipinski definition) is 3. The third-order valence-corrected chi connectivity index (χ3v) is 6.50. The van der Waals surface area contributed by atoms with E-state index >= 15 is 0 Å². The quantitative estimate of drug-likeness (QED) is 0.905. The SMILES string of the molecule is O=C1NC2(CO1)CC(C(=O)N1CC3CC(c4ccccc4)(C3)C1)C2. The second kappa shape index (κ2) is 4.74. The van der Waals surface area contributed by atoms with Crippen LogP contribution in [0.3, 0.4) is 0 Å². The van der Waals surface area contributed by atoms with Crippen LogP contribution in [0.1, 0.15) is 31.2 Å². The van der Waals surface area contributed by atoms with Crippen molar-refractivity contribution < 1.29 is 14.3 Å². The second-order valence-corrected chi connectivity index (χ2v) is 8.23. The first-order valence-corrected chi connectivity index (χ1v) is 8.87. The molecule has 24 heavy (non-hydrogen) atoms. The van der Waals surface area contributed by atoms with Crippen LogP contribution in [0.4, 0.5) is 4.79 Å². The summed E-state index contributed by atoms with van der Waals surface area (Å²) < 4.78 is 5.01.